The third-order valence-corrected chi connectivity index (χ3v) is 7.08. The molecule has 1 aromatic carbocycles. The number of rotatable bonds is 4. The van der Waals surface area contributed by atoms with Crippen LogP contribution in [0.3, 0.4) is 0 Å². The lowest BCUT2D eigenvalue weighted by Gasteiger charge is -2.32. The highest BCUT2D eigenvalue weighted by Gasteiger charge is 2.51. The Kier molecular flexibility index (Phi) is 6.18. The molecule has 3 saturated heterocycles. The van der Waals surface area contributed by atoms with E-state index in [1.54, 1.807) is 29.2 Å². The summed E-state index contributed by atoms with van der Waals surface area (Å²) in [6, 6.07) is 5.89. The van der Waals surface area contributed by atoms with Crippen LogP contribution >= 0.6 is 0 Å². The highest BCUT2D eigenvalue weighted by molar-refractivity contribution is 5.91. The average molecular weight is 493 g/mol. The Labute approximate surface area is 200 Å². The van der Waals surface area contributed by atoms with Crippen LogP contribution in [0.1, 0.15) is 22.1 Å². The fourth-order valence-corrected chi connectivity index (χ4v) is 5.40. The molecular formula is C23H27F3N6O3. The molecule has 3 fully saturated rings. The number of alkyl halides is 3. The zero-order valence-corrected chi connectivity index (χ0v) is 19.0. The molecule has 3 unspecified atom stereocenters. The van der Waals surface area contributed by atoms with Crippen molar-refractivity contribution < 1.29 is 27.5 Å². The summed E-state index contributed by atoms with van der Waals surface area (Å²) in [5.74, 6) is -0.869. The standard InChI is InChI=1S/C23H27F3N6O3/c24-23(25,26)20(15-1-3-18(4-2-15)29-7-9-35-10-8-29)30-11-16-13-31(14-17(16)12-30)22(34)32-6-5-19(28-32)21(27)33/h1-6,16-17,20H,7-14H2,(H2,27,33). The molecule has 0 saturated carbocycles. The van der Waals surface area contributed by atoms with E-state index in [9.17, 15) is 22.8 Å². The molecule has 2 amide bonds. The number of benzene rings is 1. The number of anilines is 1. The van der Waals surface area contributed by atoms with Crippen LogP contribution in [0, 0.1) is 11.8 Å². The number of halogens is 3. The van der Waals surface area contributed by atoms with Gasteiger partial charge in [-0.1, -0.05) is 12.1 Å². The maximum atomic E-state index is 14.2. The van der Waals surface area contributed by atoms with Gasteiger partial charge < -0.3 is 20.3 Å². The van der Waals surface area contributed by atoms with Crippen molar-refractivity contribution in [1.29, 1.82) is 0 Å². The van der Waals surface area contributed by atoms with E-state index in [4.69, 9.17) is 10.5 Å². The summed E-state index contributed by atoms with van der Waals surface area (Å²) < 4.78 is 49.0. The highest BCUT2D eigenvalue weighted by atomic mass is 19.4. The third-order valence-electron chi connectivity index (χ3n) is 7.08. The van der Waals surface area contributed by atoms with Crippen molar-refractivity contribution in [3.63, 3.8) is 0 Å². The fourth-order valence-electron chi connectivity index (χ4n) is 5.40. The topological polar surface area (TPSA) is 96.9 Å². The van der Waals surface area contributed by atoms with Crippen LogP contribution in [0.4, 0.5) is 23.7 Å². The van der Waals surface area contributed by atoms with Crippen LogP contribution in [0.5, 0.6) is 0 Å². The van der Waals surface area contributed by atoms with Gasteiger partial charge in [0.2, 0.25) is 0 Å². The molecule has 12 heteroatoms. The van der Waals surface area contributed by atoms with Crippen LogP contribution in [0.25, 0.3) is 0 Å². The number of nitrogens with two attached hydrogens (primary N) is 1. The molecular weight excluding hydrogens is 465 g/mol. The molecule has 3 aliphatic heterocycles. The van der Waals surface area contributed by atoms with Gasteiger partial charge in [-0.3, -0.25) is 9.69 Å². The Morgan fingerprint density at radius 2 is 1.63 bits per heavy atom. The Morgan fingerprint density at radius 1 is 1.00 bits per heavy atom. The van der Waals surface area contributed by atoms with E-state index in [1.165, 1.54) is 17.2 Å². The minimum absolute atomic E-state index is 0.0171. The first kappa shape index (κ1) is 23.6. The minimum Gasteiger partial charge on any atom is -0.378 e. The molecule has 3 atom stereocenters. The van der Waals surface area contributed by atoms with Crippen LogP contribution in [0.15, 0.2) is 36.5 Å². The van der Waals surface area contributed by atoms with E-state index in [1.807, 2.05) is 0 Å². The Balaban J connectivity index is 1.26. The molecule has 9 nitrogen and oxygen atoms in total. The van der Waals surface area contributed by atoms with Crippen molar-refractivity contribution in [2.24, 2.45) is 17.6 Å². The number of aromatic nitrogens is 2. The van der Waals surface area contributed by atoms with Crippen molar-refractivity contribution in [3.05, 3.63) is 47.8 Å². The molecule has 188 valence electrons. The van der Waals surface area contributed by atoms with Gasteiger partial charge >= 0.3 is 12.2 Å². The van der Waals surface area contributed by atoms with Gasteiger partial charge in [0.15, 0.2) is 5.69 Å². The zero-order valence-electron chi connectivity index (χ0n) is 19.0. The van der Waals surface area contributed by atoms with Gasteiger partial charge in [0.25, 0.3) is 5.91 Å². The highest BCUT2D eigenvalue weighted by Crippen LogP contribution is 2.43. The minimum atomic E-state index is -4.42. The second-order valence-corrected chi connectivity index (χ2v) is 9.31. The zero-order chi connectivity index (χ0) is 24.7. The van der Waals surface area contributed by atoms with Gasteiger partial charge in [0.05, 0.1) is 13.2 Å². The largest absolute Gasteiger partial charge is 0.408 e. The molecule has 5 rings (SSSR count). The van der Waals surface area contributed by atoms with E-state index >= 15 is 0 Å². The number of likely N-dealkylation sites (tertiary alicyclic amines) is 2. The molecule has 1 aromatic heterocycles. The van der Waals surface area contributed by atoms with E-state index < -0.39 is 24.2 Å². The molecule has 35 heavy (non-hydrogen) atoms. The predicted molar refractivity (Wildman–Crippen MR) is 120 cm³/mol. The summed E-state index contributed by atoms with van der Waals surface area (Å²) in [7, 11) is 0. The summed E-state index contributed by atoms with van der Waals surface area (Å²) in [6.45, 7) is 3.82. The number of fused-ring (bicyclic) bond motifs is 1. The maximum absolute atomic E-state index is 14.2. The molecule has 0 spiro atoms. The lowest BCUT2D eigenvalue weighted by atomic mass is 10.0. The van der Waals surface area contributed by atoms with E-state index in [-0.39, 0.29) is 36.2 Å². The van der Waals surface area contributed by atoms with Crippen LogP contribution in [-0.4, -0.2) is 90.2 Å². The van der Waals surface area contributed by atoms with Gasteiger partial charge in [-0.25, -0.2) is 4.79 Å². The second kappa shape index (κ2) is 9.15. The van der Waals surface area contributed by atoms with Gasteiger partial charge in [-0.2, -0.15) is 23.0 Å². The van der Waals surface area contributed by atoms with E-state index in [0.717, 1.165) is 23.5 Å². The summed E-state index contributed by atoms with van der Waals surface area (Å²) in [6.07, 6.45) is -3.06. The SMILES string of the molecule is NC(=O)c1ccn(C(=O)N2CC3CN(C(c4ccc(N5CCOCC5)cc4)C(F)(F)F)CC3C2)n1. The summed E-state index contributed by atoms with van der Waals surface area (Å²) in [5, 5.41) is 3.89. The summed E-state index contributed by atoms with van der Waals surface area (Å²) in [5.41, 5.74) is 6.28. The number of hydrogen-bond acceptors (Lipinski definition) is 6. The number of carbonyl (C=O) groups is 2. The van der Waals surface area contributed by atoms with Crippen LogP contribution in [0.2, 0.25) is 0 Å². The molecule has 0 bridgehead atoms. The van der Waals surface area contributed by atoms with Crippen molar-refractivity contribution in [2.75, 3.05) is 57.4 Å². The van der Waals surface area contributed by atoms with E-state index in [0.29, 0.717) is 26.3 Å². The number of amides is 2. The molecule has 3 aliphatic rings. The smallest absolute Gasteiger partial charge is 0.378 e. The van der Waals surface area contributed by atoms with Crippen molar-refractivity contribution >= 4 is 17.6 Å². The Hall–Kier alpha value is -3.12. The van der Waals surface area contributed by atoms with Crippen LogP contribution < -0.4 is 10.6 Å². The number of morpholine rings is 1. The lowest BCUT2D eigenvalue weighted by molar-refractivity contribution is -0.184. The van der Waals surface area contributed by atoms with Crippen LogP contribution in [-0.2, 0) is 4.74 Å². The second-order valence-electron chi connectivity index (χ2n) is 9.31. The normalized spacial score (nSPS) is 24.0. The fraction of sp³-hybridized carbons (Fsp3) is 0.522. The van der Waals surface area contributed by atoms with Gasteiger partial charge in [0, 0.05) is 51.2 Å². The first-order valence-corrected chi connectivity index (χ1v) is 11.6. The average Bonchev–Trinajstić information content (AvgIpc) is 3.54. The molecule has 2 N–H and O–H groups in total. The number of hydrogen-bond donors (Lipinski definition) is 1. The molecule has 0 aliphatic carbocycles. The Bertz CT molecular complexity index is 1070. The third kappa shape index (κ3) is 4.72. The molecule has 2 aromatic rings. The van der Waals surface area contributed by atoms with E-state index in [2.05, 4.69) is 10.00 Å². The first-order valence-electron chi connectivity index (χ1n) is 11.6. The van der Waals surface area contributed by atoms with Gasteiger partial charge in [0.1, 0.15) is 6.04 Å². The predicted octanol–water partition coefficient (Wildman–Crippen LogP) is 1.95. The van der Waals surface area contributed by atoms with Gasteiger partial charge in [-0.05, 0) is 35.6 Å². The summed E-state index contributed by atoms with van der Waals surface area (Å²) in [4.78, 5) is 29.1. The first-order chi connectivity index (χ1) is 16.7. The number of carbonyl (C=O) groups excluding carboxylic acids is 2. The van der Waals surface area contributed by atoms with Gasteiger partial charge in [-0.15, -0.1) is 0 Å². The maximum Gasteiger partial charge on any atom is 0.408 e. The molecule has 0 radical (unpaired) electrons. The Morgan fingerprint density at radius 3 is 2.17 bits per heavy atom. The monoisotopic (exact) mass is 492 g/mol. The van der Waals surface area contributed by atoms with Crippen molar-refractivity contribution in [3.8, 4) is 0 Å². The quantitative estimate of drug-likeness (QED) is 0.701. The lowest BCUT2D eigenvalue weighted by Crippen LogP contribution is -2.40. The number of primary amides is 1. The number of ether oxygens (including phenoxy) is 1. The molecule has 4 heterocycles. The number of nitrogens with zero attached hydrogens (tertiary/aromatic N) is 5. The van der Waals surface area contributed by atoms with Crippen molar-refractivity contribution in [1.82, 2.24) is 19.6 Å². The van der Waals surface area contributed by atoms with Crippen molar-refractivity contribution in [2.45, 2.75) is 12.2 Å². The summed E-state index contributed by atoms with van der Waals surface area (Å²) >= 11 is 0.